The summed E-state index contributed by atoms with van der Waals surface area (Å²) >= 11 is 0. The monoisotopic (exact) mass is 256 g/mol. The summed E-state index contributed by atoms with van der Waals surface area (Å²) in [6, 6.07) is 0.791. The maximum atomic E-state index is 5.96. The molecule has 18 heavy (non-hydrogen) atoms. The maximum Gasteiger partial charge on any atom is 0.0850 e. The Hall–Kier alpha value is -0.160. The van der Waals surface area contributed by atoms with Crippen LogP contribution in [0.1, 0.15) is 39.5 Å². The minimum atomic E-state index is 0.124. The first kappa shape index (κ1) is 14.3. The second kappa shape index (κ2) is 6.85. The van der Waals surface area contributed by atoms with Crippen molar-refractivity contribution in [1.29, 1.82) is 0 Å². The summed E-state index contributed by atoms with van der Waals surface area (Å²) in [6.07, 6.45) is 5.41. The molecule has 0 aromatic heterocycles. The Morgan fingerprint density at radius 1 is 1.33 bits per heavy atom. The zero-order valence-electron chi connectivity index (χ0n) is 11.8. The number of nitrogens with zero attached hydrogens (tertiary/aromatic N) is 1. The van der Waals surface area contributed by atoms with Gasteiger partial charge in [0.25, 0.3) is 0 Å². The van der Waals surface area contributed by atoms with Gasteiger partial charge in [0.05, 0.1) is 18.8 Å². The van der Waals surface area contributed by atoms with Gasteiger partial charge in [0.15, 0.2) is 0 Å². The number of hydrogen-bond acceptors (Lipinski definition) is 4. The van der Waals surface area contributed by atoms with E-state index in [1.165, 1.54) is 19.3 Å². The van der Waals surface area contributed by atoms with Crippen molar-refractivity contribution in [2.75, 3.05) is 26.3 Å². The van der Waals surface area contributed by atoms with Gasteiger partial charge in [-0.25, -0.2) is 0 Å². The summed E-state index contributed by atoms with van der Waals surface area (Å²) in [6.45, 7) is 8.04. The van der Waals surface area contributed by atoms with E-state index < -0.39 is 0 Å². The molecule has 2 N–H and O–H groups in total. The van der Waals surface area contributed by atoms with Gasteiger partial charge in [-0.05, 0) is 26.2 Å². The Kier molecular flexibility index (Phi) is 5.42. The fourth-order valence-corrected chi connectivity index (χ4v) is 3.06. The lowest BCUT2D eigenvalue weighted by atomic mass is 9.97. The van der Waals surface area contributed by atoms with Gasteiger partial charge in [-0.1, -0.05) is 13.3 Å². The predicted octanol–water partition coefficient (Wildman–Crippen LogP) is 1.38. The predicted molar refractivity (Wildman–Crippen MR) is 72.6 cm³/mol. The van der Waals surface area contributed by atoms with Crippen molar-refractivity contribution in [3.05, 3.63) is 0 Å². The molecule has 2 saturated heterocycles. The normalized spacial score (nSPS) is 36.5. The van der Waals surface area contributed by atoms with Gasteiger partial charge in [-0.2, -0.15) is 0 Å². The largest absolute Gasteiger partial charge is 0.378 e. The van der Waals surface area contributed by atoms with Gasteiger partial charge in [-0.15, -0.1) is 0 Å². The molecule has 4 heteroatoms. The molecule has 4 atom stereocenters. The highest BCUT2D eigenvalue weighted by Gasteiger charge is 2.31. The summed E-state index contributed by atoms with van der Waals surface area (Å²) in [5, 5.41) is 0. The zero-order chi connectivity index (χ0) is 13.0. The molecular weight excluding hydrogens is 228 g/mol. The second-order valence-electron chi connectivity index (χ2n) is 5.72. The van der Waals surface area contributed by atoms with Crippen LogP contribution in [0.25, 0.3) is 0 Å². The molecule has 106 valence electrons. The first-order valence-electron chi connectivity index (χ1n) is 7.43. The van der Waals surface area contributed by atoms with E-state index >= 15 is 0 Å². The van der Waals surface area contributed by atoms with Crippen LogP contribution >= 0.6 is 0 Å². The van der Waals surface area contributed by atoms with Crippen LogP contribution in [-0.2, 0) is 9.47 Å². The number of nitrogens with two attached hydrogens (primary N) is 1. The fourth-order valence-electron chi connectivity index (χ4n) is 3.06. The highest BCUT2D eigenvalue weighted by Crippen LogP contribution is 2.24. The van der Waals surface area contributed by atoms with Crippen molar-refractivity contribution in [3.63, 3.8) is 0 Å². The molecule has 0 aliphatic carbocycles. The Labute approximate surface area is 111 Å². The molecule has 0 aromatic rings. The lowest BCUT2D eigenvalue weighted by molar-refractivity contribution is -0.0843. The van der Waals surface area contributed by atoms with E-state index in [4.69, 9.17) is 15.2 Å². The number of rotatable bonds is 4. The third kappa shape index (κ3) is 3.67. The van der Waals surface area contributed by atoms with E-state index in [1.54, 1.807) is 0 Å². The van der Waals surface area contributed by atoms with Crippen molar-refractivity contribution < 1.29 is 9.47 Å². The molecule has 0 saturated carbocycles. The SMILES string of the molecule is CCCC1CC(N2CCOC(C(C)N)C2)CCO1. The van der Waals surface area contributed by atoms with Gasteiger partial charge < -0.3 is 15.2 Å². The Morgan fingerprint density at radius 2 is 2.17 bits per heavy atom. The van der Waals surface area contributed by atoms with Crippen LogP contribution in [0.5, 0.6) is 0 Å². The Morgan fingerprint density at radius 3 is 2.89 bits per heavy atom. The molecule has 0 spiro atoms. The Bertz CT molecular complexity index is 246. The van der Waals surface area contributed by atoms with Crippen LogP contribution in [0, 0.1) is 0 Å². The molecule has 4 nitrogen and oxygen atoms in total. The maximum absolute atomic E-state index is 5.96. The van der Waals surface area contributed by atoms with Gasteiger partial charge >= 0.3 is 0 Å². The second-order valence-corrected chi connectivity index (χ2v) is 5.72. The first-order chi connectivity index (χ1) is 8.70. The van der Waals surface area contributed by atoms with E-state index in [-0.39, 0.29) is 12.1 Å². The van der Waals surface area contributed by atoms with Crippen LogP contribution < -0.4 is 5.73 Å². The van der Waals surface area contributed by atoms with E-state index in [0.29, 0.717) is 12.1 Å². The van der Waals surface area contributed by atoms with Crippen molar-refractivity contribution in [2.24, 2.45) is 5.73 Å². The first-order valence-corrected chi connectivity index (χ1v) is 7.43. The van der Waals surface area contributed by atoms with E-state index in [2.05, 4.69) is 11.8 Å². The number of hydrogen-bond donors (Lipinski definition) is 1. The molecule has 2 fully saturated rings. The summed E-state index contributed by atoms with van der Waals surface area (Å²) in [5.74, 6) is 0. The molecule has 2 heterocycles. The summed E-state index contributed by atoms with van der Waals surface area (Å²) in [7, 11) is 0. The molecular formula is C14H28N2O2. The van der Waals surface area contributed by atoms with Gasteiger partial charge in [0.2, 0.25) is 0 Å². The molecule has 4 unspecified atom stereocenters. The van der Waals surface area contributed by atoms with Crippen molar-refractivity contribution in [2.45, 2.75) is 63.8 Å². The van der Waals surface area contributed by atoms with Crippen molar-refractivity contribution in [1.82, 2.24) is 4.90 Å². The van der Waals surface area contributed by atoms with Crippen LogP contribution in [-0.4, -0.2) is 55.5 Å². The van der Waals surface area contributed by atoms with Crippen molar-refractivity contribution >= 4 is 0 Å². The smallest absolute Gasteiger partial charge is 0.0850 e. The lowest BCUT2D eigenvalue weighted by Gasteiger charge is -2.42. The minimum absolute atomic E-state index is 0.124. The molecule has 0 amide bonds. The zero-order valence-corrected chi connectivity index (χ0v) is 11.8. The highest BCUT2D eigenvalue weighted by molar-refractivity contribution is 4.85. The molecule has 0 radical (unpaired) electrons. The minimum Gasteiger partial charge on any atom is -0.378 e. The summed E-state index contributed by atoms with van der Waals surface area (Å²) in [4.78, 5) is 2.57. The third-order valence-electron chi connectivity index (χ3n) is 4.18. The van der Waals surface area contributed by atoms with E-state index in [9.17, 15) is 0 Å². The van der Waals surface area contributed by atoms with Crippen LogP contribution in [0.3, 0.4) is 0 Å². The standard InChI is InChI=1S/C14H28N2O2/c1-3-4-13-9-12(5-7-17-13)16-6-8-18-14(10-16)11(2)15/h11-14H,3-10,15H2,1-2H3. The third-order valence-corrected chi connectivity index (χ3v) is 4.18. The molecule has 2 aliphatic rings. The van der Waals surface area contributed by atoms with E-state index in [0.717, 1.165) is 32.7 Å². The molecule has 2 rings (SSSR count). The quantitative estimate of drug-likeness (QED) is 0.825. The van der Waals surface area contributed by atoms with Gasteiger partial charge in [0.1, 0.15) is 0 Å². The number of morpholine rings is 1. The number of ether oxygens (including phenoxy) is 2. The van der Waals surface area contributed by atoms with Crippen LogP contribution in [0.4, 0.5) is 0 Å². The van der Waals surface area contributed by atoms with Crippen LogP contribution in [0.2, 0.25) is 0 Å². The van der Waals surface area contributed by atoms with Gasteiger partial charge in [-0.3, -0.25) is 4.90 Å². The van der Waals surface area contributed by atoms with Crippen molar-refractivity contribution in [3.8, 4) is 0 Å². The van der Waals surface area contributed by atoms with Crippen LogP contribution in [0.15, 0.2) is 0 Å². The molecule has 0 bridgehead atoms. The lowest BCUT2D eigenvalue weighted by Crippen LogP contribution is -2.54. The topological polar surface area (TPSA) is 47.7 Å². The Balaban J connectivity index is 1.86. The van der Waals surface area contributed by atoms with E-state index in [1.807, 2.05) is 6.92 Å². The fraction of sp³-hybridized carbons (Fsp3) is 1.00. The highest BCUT2D eigenvalue weighted by atomic mass is 16.5. The molecule has 2 aliphatic heterocycles. The summed E-state index contributed by atoms with van der Waals surface area (Å²) in [5.41, 5.74) is 5.96. The average Bonchev–Trinajstić information content (AvgIpc) is 2.39. The van der Waals surface area contributed by atoms with Gasteiger partial charge in [0, 0.05) is 31.8 Å². The summed E-state index contributed by atoms with van der Waals surface area (Å²) < 4.78 is 11.6. The molecule has 0 aromatic carbocycles. The average molecular weight is 256 g/mol.